The zero-order valence-corrected chi connectivity index (χ0v) is 9.13. The Morgan fingerprint density at radius 3 is 2.93 bits per heavy atom. The zero-order chi connectivity index (χ0) is 11.3. The summed E-state index contributed by atoms with van der Waals surface area (Å²) in [6.45, 7) is 2.96. The number of pyridine rings is 1. The topological polar surface area (TPSA) is 39.9 Å². The number of nitriles is 1. The van der Waals surface area contributed by atoms with Gasteiger partial charge in [0, 0.05) is 19.3 Å². The number of halogens is 2. The second-order valence-electron chi connectivity index (χ2n) is 2.95. The third-order valence-electron chi connectivity index (χ3n) is 1.96. The van der Waals surface area contributed by atoms with Crippen molar-refractivity contribution in [2.24, 2.45) is 0 Å². The maximum absolute atomic E-state index is 13.4. The van der Waals surface area contributed by atoms with E-state index in [1.807, 2.05) is 13.0 Å². The van der Waals surface area contributed by atoms with Crippen LogP contribution in [0.4, 0.5) is 10.2 Å². The molecular weight excluding hydrogens is 217 g/mol. The fraction of sp³-hybridized carbons (Fsp3) is 0.400. The average molecular weight is 228 g/mol. The Kier molecular flexibility index (Phi) is 4.32. The van der Waals surface area contributed by atoms with E-state index in [0.717, 1.165) is 0 Å². The normalized spacial score (nSPS) is 9.73. The lowest BCUT2D eigenvalue weighted by atomic mass is 10.3. The van der Waals surface area contributed by atoms with E-state index in [2.05, 4.69) is 4.98 Å². The molecule has 5 heteroatoms. The van der Waals surface area contributed by atoms with Gasteiger partial charge in [-0.1, -0.05) is 11.6 Å². The maximum Gasteiger partial charge on any atom is 0.167 e. The molecule has 1 heterocycles. The average Bonchev–Trinajstić information content (AvgIpc) is 2.21. The fourth-order valence-electron chi connectivity index (χ4n) is 1.24. The van der Waals surface area contributed by atoms with E-state index in [0.29, 0.717) is 19.5 Å². The first-order valence-electron chi connectivity index (χ1n) is 4.62. The van der Waals surface area contributed by atoms with Crippen LogP contribution in [0.1, 0.15) is 13.3 Å². The highest BCUT2D eigenvalue weighted by Crippen LogP contribution is 2.19. The van der Waals surface area contributed by atoms with Crippen molar-refractivity contribution in [2.45, 2.75) is 13.3 Å². The van der Waals surface area contributed by atoms with E-state index in [1.54, 1.807) is 4.90 Å². The molecule has 0 amide bonds. The highest BCUT2D eigenvalue weighted by Gasteiger charge is 2.11. The van der Waals surface area contributed by atoms with Crippen LogP contribution in [-0.4, -0.2) is 18.1 Å². The summed E-state index contributed by atoms with van der Waals surface area (Å²) in [6, 6.07) is 3.24. The smallest absolute Gasteiger partial charge is 0.167 e. The van der Waals surface area contributed by atoms with Crippen LogP contribution >= 0.6 is 11.6 Å². The third-order valence-corrected chi connectivity index (χ3v) is 2.17. The highest BCUT2D eigenvalue weighted by molar-refractivity contribution is 6.30. The number of aromatic nitrogens is 1. The van der Waals surface area contributed by atoms with Crippen LogP contribution < -0.4 is 4.90 Å². The van der Waals surface area contributed by atoms with Crippen LogP contribution in [0.3, 0.4) is 0 Å². The SMILES string of the molecule is CCN(CCC#N)c1ncc(Cl)cc1F. The summed E-state index contributed by atoms with van der Waals surface area (Å²) in [6.07, 6.45) is 1.74. The Hall–Kier alpha value is -1.34. The van der Waals surface area contributed by atoms with E-state index in [-0.39, 0.29) is 10.8 Å². The Balaban J connectivity index is 2.87. The standard InChI is InChI=1S/C10H11ClFN3/c1-2-15(5-3-4-13)10-9(12)6-8(11)7-14-10/h6-7H,2-3,5H2,1H3. The van der Waals surface area contributed by atoms with Crippen molar-refractivity contribution in [1.82, 2.24) is 4.98 Å². The van der Waals surface area contributed by atoms with Crippen LogP contribution in [0.25, 0.3) is 0 Å². The van der Waals surface area contributed by atoms with E-state index in [4.69, 9.17) is 16.9 Å². The van der Waals surface area contributed by atoms with Crippen molar-refractivity contribution in [1.29, 1.82) is 5.26 Å². The minimum atomic E-state index is -0.456. The highest BCUT2D eigenvalue weighted by atomic mass is 35.5. The quantitative estimate of drug-likeness (QED) is 0.794. The van der Waals surface area contributed by atoms with E-state index in [1.165, 1.54) is 12.3 Å². The van der Waals surface area contributed by atoms with Crippen LogP contribution in [0, 0.1) is 17.1 Å². The summed E-state index contributed by atoms with van der Waals surface area (Å²) < 4.78 is 13.4. The molecule has 0 unspecified atom stereocenters. The summed E-state index contributed by atoms with van der Waals surface area (Å²) in [5.74, 6) is -0.209. The van der Waals surface area contributed by atoms with Crippen LogP contribution in [-0.2, 0) is 0 Å². The molecule has 0 aliphatic heterocycles. The molecule has 0 spiro atoms. The number of anilines is 1. The van der Waals surface area contributed by atoms with Crippen LogP contribution in [0.15, 0.2) is 12.3 Å². The van der Waals surface area contributed by atoms with E-state index >= 15 is 0 Å². The van der Waals surface area contributed by atoms with Crippen molar-refractivity contribution >= 4 is 17.4 Å². The summed E-state index contributed by atoms with van der Waals surface area (Å²) in [4.78, 5) is 5.61. The number of rotatable bonds is 4. The molecule has 0 fully saturated rings. The molecule has 80 valence electrons. The molecule has 0 saturated carbocycles. The predicted octanol–water partition coefficient (Wildman–Crippen LogP) is 2.61. The second kappa shape index (κ2) is 5.52. The molecule has 0 bridgehead atoms. The Labute approximate surface area is 93.1 Å². The summed E-state index contributed by atoms with van der Waals surface area (Å²) in [7, 11) is 0. The van der Waals surface area contributed by atoms with Gasteiger partial charge in [-0.15, -0.1) is 0 Å². The third kappa shape index (κ3) is 3.07. The lowest BCUT2D eigenvalue weighted by Crippen LogP contribution is -2.25. The lowest BCUT2D eigenvalue weighted by molar-refractivity contribution is 0.610. The first kappa shape index (κ1) is 11.7. The molecule has 0 aromatic carbocycles. The molecule has 15 heavy (non-hydrogen) atoms. The van der Waals surface area contributed by atoms with Crippen molar-refractivity contribution < 1.29 is 4.39 Å². The van der Waals surface area contributed by atoms with Gasteiger partial charge in [-0.25, -0.2) is 9.37 Å². The monoisotopic (exact) mass is 227 g/mol. The van der Waals surface area contributed by atoms with E-state index in [9.17, 15) is 4.39 Å². The molecular formula is C10H11ClFN3. The summed E-state index contributed by atoms with van der Waals surface area (Å²) in [5, 5.41) is 8.73. The minimum Gasteiger partial charge on any atom is -0.353 e. The van der Waals surface area contributed by atoms with Crippen molar-refractivity contribution in [3.8, 4) is 6.07 Å². The molecule has 1 aromatic heterocycles. The van der Waals surface area contributed by atoms with Crippen LogP contribution in [0.5, 0.6) is 0 Å². The number of hydrogen-bond acceptors (Lipinski definition) is 3. The van der Waals surface area contributed by atoms with Gasteiger partial charge < -0.3 is 4.90 Å². The van der Waals surface area contributed by atoms with Crippen LogP contribution in [0.2, 0.25) is 5.02 Å². The van der Waals surface area contributed by atoms with Gasteiger partial charge in [0.1, 0.15) is 0 Å². The molecule has 0 aliphatic rings. The largest absolute Gasteiger partial charge is 0.353 e. The zero-order valence-electron chi connectivity index (χ0n) is 8.37. The van der Waals surface area contributed by atoms with Gasteiger partial charge in [-0.05, 0) is 13.0 Å². The molecule has 3 nitrogen and oxygen atoms in total. The van der Waals surface area contributed by atoms with Gasteiger partial charge >= 0.3 is 0 Å². The van der Waals surface area contributed by atoms with Gasteiger partial charge in [-0.3, -0.25) is 0 Å². The van der Waals surface area contributed by atoms with Gasteiger partial charge in [0.2, 0.25) is 0 Å². The van der Waals surface area contributed by atoms with Crippen molar-refractivity contribution in [3.05, 3.63) is 23.1 Å². The first-order chi connectivity index (χ1) is 7.19. The van der Waals surface area contributed by atoms with Gasteiger partial charge in [0.25, 0.3) is 0 Å². The lowest BCUT2D eigenvalue weighted by Gasteiger charge is -2.20. The molecule has 0 aliphatic carbocycles. The molecule has 1 rings (SSSR count). The molecule has 0 saturated heterocycles. The van der Waals surface area contributed by atoms with Gasteiger partial charge in [0.05, 0.1) is 17.5 Å². The molecule has 0 atom stereocenters. The Morgan fingerprint density at radius 1 is 1.67 bits per heavy atom. The second-order valence-corrected chi connectivity index (χ2v) is 3.38. The first-order valence-corrected chi connectivity index (χ1v) is 4.99. The number of hydrogen-bond donors (Lipinski definition) is 0. The summed E-state index contributed by atoms with van der Waals surface area (Å²) in [5.41, 5.74) is 0. The van der Waals surface area contributed by atoms with Gasteiger partial charge in [-0.2, -0.15) is 5.26 Å². The minimum absolute atomic E-state index is 0.247. The van der Waals surface area contributed by atoms with Crippen molar-refractivity contribution in [2.75, 3.05) is 18.0 Å². The van der Waals surface area contributed by atoms with Gasteiger partial charge in [0.15, 0.2) is 11.6 Å². The maximum atomic E-state index is 13.4. The molecule has 0 radical (unpaired) electrons. The molecule has 0 N–H and O–H groups in total. The summed E-state index contributed by atoms with van der Waals surface area (Å²) >= 11 is 5.60. The fourth-order valence-corrected chi connectivity index (χ4v) is 1.38. The Bertz CT molecular complexity index is 375. The predicted molar refractivity (Wildman–Crippen MR) is 57.3 cm³/mol. The Morgan fingerprint density at radius 2 is 2.40 bits per heavy atom. The number of nitrogens with zero attached hydrogens (tertiary/aromatic N) is 3. The molecule has 1 aromatic rings. The van der Waals surface area contributed by atoms with E-state index < -0.39 is 5.82 Å². The van der Waals surface area contributed by atoms with Crippen molar-refractivity contribution in [3.63, 3.8) is 0 Å².